The maximum atomic E-state index is 3.38. The highest BCUT2D eigenvalue weighted by Gasteiger charge is 2.38. The van der Waals surface area contributed by atoms with Gasteiger partial charge in [0.25, 0.3) is 0 Å². The van der Waals surface area contributed by atoms with Crippen LogP contribution in [-0.2, 0) is 0 Å². The maximum absolute atomic E-state index is 3.38. The number of nitrogens with one attached hydrogen (secondary N) is 1. The molecule has 1 saturated heterocycles. The Labute approximate surface area is 123 Å². The SMILES string of the molecule is CNCC(c1ccccc1)N1CCC2(CCCC2)CC1. The van der Waals surface area contributed by atoms with Crippen molar-refractivity contribution in [2.24, 2.45) is 5.41 Å². The third kappa shape index (κ3) is 2.91. The van der Waals surface area contributed by atoms with Crippen molar-refractivity contribution in [2.75, 3.05) is 26.7 Å². The van der Waals surface area contributed by atoms with E-state index in [2.05, 4.69) is 47.6 Å². The van der Waals surface area contributed by atoms with Crippen LogP contribution in [0.5, 0.6) is 0 Å². The molecule has 1 unspecified atom stereocenters. The lowest BCUT2D eigenvalue weighted by atomic mass is 9.76. The predicted molar refractivity (Wildman–Crippen MR) is 84.8 cm³/mol. The first-order valence-corrected chi connectivity index (χ1v) is 8.27. The van der Waals surface area contributed by atoms with Gasteiger partial charge >= 0.3 is 0 Å². The summed E-state index contributed by atoms with van der Waals surface area (Å²) in [5.41, 5.74) is 2.18. The molecular weight excluding hydrogens is 244 g/mol. The quantitative estimate of drug-likeness (QED) is 0.901. The summed E-state index contributed by atoms with van der Waals surface area (Å²) in [4.78, 5) is 2.70. The molecule has 1 spiro atoms. The van der Waals surface area contributed by atoms with E-state index < -0.39 is 0 Å². The highest BCUT2D eigenvalue weighted by Crippen LogP contribution is 2.47. The van der Waals surface area contributed by atoms with E-state index in [0.29, 0.717) is 6.04 Å². The largest absolute Gasteiger partial charge is 0.318 e. The summed E-state index contributed by atoms with van der Waals surface area (Å²) in [5, 5.41) is 3.38. The number of rotatable bonds is 4. The van der Waals surface area contributed by atoms with Gasteiger partial charge in [0.15, 0.2) is 0 Å². The lowest BCUT2D eigenvalue weighted by Gasteiger charge is -2.43. The Balaban J connectivity index is 1.67. The van der Waals surface area contributed by atoms with E-state index in [4.69, 9.17) is 0 Å². The summed E-state index contributed by atoms with van der Waals surface area (Å²) in [7, 11) is 2.07. The van der Waals surface area contributed by atoms with Crippen molar-refractivity contribution in [3.63, 3.8) is 0 Å². The van der Waals surface area contributed by atoms with Gasteiger partial charge in [-0.3, -0.25) is 4.90 Å². The van der Waals surface area contributed by atoms with Gasteiger partial charge in [-0.1, -0.05) is 43.2 Å². The molecule has 3 rings (SSSR count). The van der Waals surface area contributed by atoms with Crippen LogP contribution in [0.1, 0.15) is 50.1 Å². The molecule has 0 amide bonds. The smallest absolute Gasteiger partial charge is 0.0472 e. The fourth-order valence-corrected chi connectivity index (χ4v) is 4.26. The van der Waals surface area contributed by atoms with Gasteiger partial charge in [-0.15, -0.1) is 0 Å². The van der Waals surface area contributed by atoms with Gasteiger partial charge in [0, 0.05) is 12.6 Å². The Morgan fingerprint density at radius 3 is 2.30 bits per heavy atom. The summed E-state index contributed by atoms with van der Waals surface area (Å²) >= 11 is 0. The molecule has 0 aromatic heterocycles. The minimum atomic E-state index is 0.542. The van der Waals surface area contributed by atoms with Crippen LogP contribution in [0, 0.1) is 5.41 Å². The molecule has 2 fully saturated rings. The lowest BCUT2D eigenvalue weighted by Crippen LogP contribution is -2.43. The average Bonchev–Trinajstić information content (AvgIpc) is 2.95. The van der Waals surface area contributed by atoms with Crippen molar-refractivity contribution in [1.82, 2.24) is 10.2 Å². The Morgan fingerprint density at radius 2 is 1.70 bits per heavy atom. The molecule has 1 aromatic rings. The van der Waals surface area contributed by atoms with Crippen molar-refractivity contribution in [3.05, 3.63) is 35.9 Å². The molecular formula is C18H28N2. The molecule has 0 radical (unpaired) electrons. The molecule has 110 valence electrons. The van der Waals surface area contributed by atoms with Crippen molar-refractivity contribution in [2.45, 2.75) is 44.6 Å². The molecule has 1 heterocycles. The Morgan fingerprint density at radius 1 is 1.05 bits per heavy atom. The number of piperidine rings is 1. The Hall–Kier alpha value is -0.860. The topological polar surface area (TPSA) is 15.3 Å². The van der Waals surface area contributed by atoms with Crippen LogP contribution < -0.4 is 5.32 Å². The second kappa shape index (κ2) is 6.28. The van der Waals surface area contributed by atoms with E-state index in [0.717, 1.165) is 12.0 Å². The minimum Gasteiger partial charge on any atom is -0.318 e. The van der Waals surface area contributed by atoms with Crippen LogP contribution in [0.4, 0.5) is 0 Å². The molecule has 1 saturated carbocycles. The highest BCUT2D eigenvalue weighted by atomic mass is 15.2. The van der Waals surface area contributed by atoms with Crippen molar-refractivity contribution in [1.29, 1.82) is 0 Å². The maximum Gasteiger partial charge on any atom is 0.0472 e. The van der Waals surface area contributed by atoms with Crippen LogP contribution in [0.25, 0.3) is 0 Å². The molecule has 1 atom stereocenters. The summed E-state index contributed by atoms with van der Waals surface area (Å²) in [6, 6.07) is 11.5. The second-order valence-electron chi connectivity index (χ2n) is 6.73. The first kappa shape index (κ1) is 14.1. The molecule has 1 aliphatic carbocycles. The Bertz CT molecular complexity index is 399. The molecule has 2 heteroatoms. The third-order valence-corrected chi connectivity index (χ3v) is 5.55. The fourth-order valence-electron chi connectivity index (χ4n) is 4.26. The zero-order valence-corrected chi connectivity index (χ0v) is 12.8. The van der Waals surface area contributed by atoms with Crippen LogP contribution in [0.3, 0.4) is 0 Å². The van der Waals surface area contributed by atoms with Gasteiger partial charge in [0.05, 0.1) is 0 Å². The molecule has 2 nitrogen and oxygen atoms in total. The van der Waals surface area contributed by atoms with Gasteiger partial charge in [-0.2, -0.15) is 0 Å². The zero-order valence-electron chi connectivity index (χ0n) is 12.8. The number of hydrogen-bond donors (Lipinski definition) is 1. The third-order valence-electron chi connectivity index (χ3n) is 5.55. The van der Waals surface area contributed by atoms with Crippen molar-refractivity contribution in [3.8, 4) is 0 Å². The van der Waals surface area contributed by atoms with Gasteiger partial charge in [0.2, 0.25) is 0 Å². The first-order chi connectivity index (χ1) is 9.83. The second-order valence-corrected chi connectivity index (χ2v) is 6.73. The van der Waals surface area contributed by atoms with Gasteiger partial charge in [-0.25, -0.2) is 0 Å². The van der Waals surface area contributed by atoms with E-state index in [1.807, 2.05) is 0 Å². The number of hydrogen-bond acceptors (Lipinski definition) is 2. The number of likely N-dealkylation sites (N-methyl/N-ethyl adjacent to an activating group) is 1. The summed E-state index contributed by atoms with van der Waals surface area (Å²) < 4.78 is 0. The van der Waals surface area contributed by atoms with E-state index in [-0.39, 0.29) is 0 Å². The van der Waals surface area contributed by atoms with Crippen LogP contribution in [0.2, 0.25) is 0 Å². The van der Waals surface area contributed by atoms with E-state index in [1.165, 1.54) is 57.2 Å². The predicted octanol–water partition coefficient (Wildman–Crippen LogP) is 3.60. The van der Waals surface area contributed by atoms with E-state index in [9.17, 15) is 0 Å². The number of likely N-dealkylation sites (tertiary alicyclic amines) is 1. The monoisotopic (exact) mass is 272 g/mol. The summed E-state index contributed by atoms with van der Waals surface area (Å²) in [6.07, 6.45) is 8.75. The van der Waals surface area contributed by atoms with Crippen molar-refractivity contribution < 1.29 is 0 Å². The normalized spacial score (nSPS) is 24.1. The molecule has 1 aliphatic heterocycles. The van der Waals surface area contributed by atoms with Gasteiger partial charge in [0.1, 0.15) is 0 Å². The van der Waals surface area contributed by atoms with Crippen molar-refractivity contribution >= 4 is 0 Å². The minimum absolute atomic E-state index is 0.542. The van der Waals surface area contributed by atoms with Crippen LogP contribution in [0.15, 0.2) is 30.3 Å². The van der Waals surface area contributed by atoms with Crippen LogP contribution in [-0.4, -0.2) is 31.6 Å². The van der Waals surface area contributed by atoms with E-state index in [1.54, 1.807) is 0 Å². The molecule has 2 aliphatic rings. The molecule has 0 bridgehead atoms. The molecule has 1 N–H and O–H groups in total. The summed E-state index contributed by atoms with van der Waals surface area (Å²) in [5.74, 6) is 0. The zero-order chi connectivity index (χ0) is 13.8. The van der Waals surface area contributed by atoms with E-state index >= 15 is 0 Å². The molecule has 1 aromatic carbocycles. The first-order valence-electron chi connectivity index (χ1n) is 8.27. The van der Waals surface area contributed by atoms with Gasteiger partial charge < -0.3 is 5.32 Å². The highest BCUT2D eigenvalue weighted by molar-refractivity contribution is 5.19. The number of nitrogens with zero attached hydrogens (tertiary/aromatic N) is 1. The van der Waals surface area contributed by atoms with Crippen LogP contribution >= 0.6 is 0 Å². The summed E-state index contributed by atoms with van der Waals surface area (Å²) in [6.45, 7) is 3.61. The average molecular weight is 272 g/mol. The number of benzene rings is 1. The standard InChI is InChI=1S/C18H28N2/c1-19-15-17(16-7-3-2-4-8-16)20-13-11-18(12-14-20)9-5-6-10-18/h2-4,7-8,17,19H,5-6,9-15H2,1H3. The molecule has 20 heavy (non-hydrogen) atoms. The lowest BCUT2D eigenvalue weighted by molar-refractivity contribution is 0.0757. The Kier molecular flexibility index (Phi) is 4.42. The fraction of sp³-hybridized carbons (Fsp3) is 0.667. The van der Waals surface area contributed by atoms with Gasteiger partial charge in [-0.05, 0) is 56.8 Å².